The molecule has 1 aliphatic rings. The van der Waals surface area contributed by atoms with E-state index in [0.29, 0.717) is 36.1 Å². The number of quaternary nitrogens is 1. The van der Waals surface area contributed by atoms with E-state index in [1.807, 2.05) is 33.3 Å². The average Bonchev–Trinajstić information content (AvgIpc) is 3.99. The molecule has 0 radical (unpaired) electrons. The number of unbranched alkanes of at least 4 members (excludes halogenated alkanes) is 15. The van der Waals surface area contributed by atoms with E-state index < -0.39 is 32.5 Å². The molecule has 1 rings (SSSR count). The highest BCUT2D eigenvalue weighted by atomic mass is 31.2. The van der Waals surface area contributed by atoms with E-state index in [1.54, 1.807) is 0 Å². The number of allylic oxidation sites excluding steroid dienone is 10. The highest BCUT2D eigenvalue weighted by molar-refractivity contribution is 7.45. The molecule has 0 bridgehead atoms. The summed E-state index contributed by atoms with van der Waals surface area (Å²) in [5, 5.41) is 0. The summed E-state index contributed by atoms with van der Waals surface area (Å²) >= 11 is 0. The largest absolute Gasteiger partial charge is 0.756 e. The minimum atomic E-state index is -4.66. The molecule has 0 spiro atoms. The summed E-state index contributed by atoms with van der Waals surface area (Å²) in [4.78, 5) is 37.7. The lowest BCUT2D eigenvalue weighted by atomic mass is 10.1. The van der Waals surface area contributed by atoms with Crippen LogP contribution in [0.5, 0.6) is 0 Å². The Bertz CT molecular complexity index is 1370. The number of carbonyl (C=O) groups is 2. The number of carbonyl (C=O) groups excluding carboxylic acids is 2. The first-order valence-electron chi connectivity index (χ1n) is 24.8. The molecule has 0 amide bonds. The van der Waals surface area contributed by atoms with Crippen molar-refractivity contribution < 1.29 is 46.8 Å². The van der Waals surface area contributed by atoms with Crippen LogP contribution >= 0.6 is 7.82 Å². The summed E-state index contributed by atoms with van der Waals surface area (Å²) in [6, 6.07) is 0. The summed E-state index contributed by atoms with van der Waals surface area (Å²) in [5.74, 6) is -0.941. The van der Waals surface area contributed by atoms with Crippen LogP contribution in [0.1, 0.15) is 181 Å². The topological polar surface area (TPSA) is 124 Å². The maximum Gasteiger partial charge on any atom is 0.306 e. The predicted octanol–water partition coefficient (Wildman–Crippen LogP) is 12.9. The minimum absolute atomic E-state index is 0.0497. The van der Waals surface area contributed by atoms with Gasteiger partial charge in [-0.05, 0) is 77.0 Å². The van der Waals surface area contributed by atoms with Crippen LogP contribution in [0.3, 0.4) is 0 Å². The molecule has 1 fully saturated rings. The number of phosphoric acid groups is 1. The number of nitrogens with zero attached hydrogens (tertiary/aromatic N) is 1. The fourth-order valence-electron chi connectivity index (χ4n) is 6.66. The fraction of sp³-hybridized carbons (Fsp3) is 0.731. The Morgan fingerprint density at radius 1 is 0.587 bits per heavy atom. The molecule has 63 heavy (non-hydrogen) atoms. The number of likely N-dealkylation sites (N-methyl/N-ethyl adjacent to an activating group) is 1. The number of esters is 2. The molecule has 1 aliphatic heterocycles. The Morgan fingerprint density at radius 3 is 1.63 bits per heavy atom. The van der Waals surface area contributed by atoms with Crippen LogP contribution in [0.4, 0.5) is 0 Å². The second kappa shape index (κ2) is 39.7. The van der Waals surface area contributed by atoms with Crippen molar-refractivity contribution in [1.82, 2.24) is 0 Å². The first-order chi connectivity index (χ1) is 30.5. The highest BCUT2D eigenvalue weighted by Crippen LogP contribution is 2.38. The number of phosphoric ester groups is 1. The van der Waals surface area contributed by atoms with E-state index in [0.717, 1.165) is 57.8 Å². The van der Waals surface area contributed by atoms with Gasteiger partial charge in [0.15, 0.2) is 6.10 Å². The van der Waals surface area contributed by atoms with Crippen LogP contribution in [-0.4, -0.2) is 82.2 Å². The predicted molar refractivity (Wildman–Crippen MR) is 258 cm³/mol. The lowest BCUT2D eigenvalue weighted by Gasteiger charge is -2.28. The molecule has 0 N–H and O–H groups in total. The Hall–Kier alpha value is -2.59. The molecule has 0 aliphatic carbocycles. The van der Waals surface area contributed by atoms with Crippen LogP contribution in [0.25, 0.3) is 0 Å². The average molecular weight is 904 g/mol. The molecule has 0 aromatic carbocycles. The van der Waals surface area contributed by atoms with Gasteiger partial charge in [0, 0.05) is 12.8 Å². The fourth-order valence-corrected chi connectivity index (χ4v) is 7.39. The van der Waals surface area contributed by atoms with Gasteiger partial charge in [-0.1, -0.05) is 164 Å². The summed E-state index contributed by atoms with van der Waals surface area (Å²) in [7, 11) is 1.10. The van der Waals surface area contributed by atoms with Crippen molar-refractivity contribution in [2.75, 3.05) is 47.5 Å². The Morgan fingerprint density at radius 2 is 1.08 bits per heavy atom. The number of hydrogen-bond acceptors (Lipinski definition) is 9. The van der Waals surface area contributed by atoms with Crippen molar-refractivity contribution >= 4 is 19.8 Å². The van der Waals surface area contributed by atoms with E-state index >= 15 is 0 Å². The van der Waals surface area contributed by atoms with E-state index in [4.69, 9.17) is 23.3 Å². The van der Waals surface area contributed by atoms with Gasteiger partial charge >= 0.3 is 11.9 Å². The summed E-state index contributed by atoms with van der Waals surface area (Å²) < 4.78 is 39.6. The standard InChI is InChI=1S/C52H90NO9P/c1-6-8-10-11-12-13-14-15-16-17-18-19-20-21-25-28-31-34-38-42-51(54)58-46-48(47-60-63(56,57)59-45-44-53(3,4)5)61-52(55)43-39-35-32-29-26-23-22-24-27-30-33-37-41-50-49(62-50)40-36-9-7-2/h9,15-16,23-24,26-27,32-33,35-37,48-50H,6-8,10-14,17-22,25,28-31,34,38-47H2,1-5H3/b16-15-,26-23-,27-24-,35-32-,36-9-,37-33-/t48-,49?,50?/m1/s1. The SMILES string of the molecule is CC/C=C\CC1OC1C/C=C\C/C=C\C/C=C\C/C=C\CCC(=O)O[C@H](COC(=O)CCCCCCCCCCC/C=C\CCCCCCCC)COP(=O)([O-])OCC[N+](C)(C)C. The molecule has 1 saturated heterocycles. The first-order valence-corrected chi connectivity index (χ1v) is 26.2. The van der Waals surface area contributed by atoms with Crippen molar-refractivity contribution in [3.63, 3.8) is 0 Å². The van der Waals surface area contributed by atoms with E-state index in [-0.39, 0.29) is 26.1 Å². The van der Waals surface area contributed by atoms with Gasteiger partial charge in [0.1, 0.15) is 19.8 Å². The Balaban J connectivity index is 2.28. The number of hydrogen-bond donors (Lipinski definition) is 0. The van der Waals surface area contributed by atoms with Gasteiger partial charge in [-0.3, -0.25) is 14.2 Å². The molecule has 10 nitrogen and oxygen atoms in total. The van der Waals surface area contributed by atoms with Crippen molar-refractivity contribution in [3.05, 3.63) is 72.9 Å². The van der Waals surface area contributed by atoms with Gasteiger partial charge in [-0.25, -0.2) is 0 Å². The molecule has 0 aromatic rings. The molecule has 0 saturated carbocycles. The zero-order valence-corrected chi connectivity index (χ0v) is 41.3. The minimum Gasteiger partial charge on any atom is -0.756 e. The summed E-state index contributed by atoms with van der Waals surface area (Å²) in [5.41, 5.74) is 0. The number of rotatable bonds is 43. The van der Waals surface area contributed by atoms with Crippen molar-refractivity contribution in [1.29, 1.82) is 0 Å². The van der Waals surface area contributed by atoms with Crippen LogP contribution < -0.4 is 4.89 Å². The maximum atomic E-state index is 12.7. The van der Waals surface area contributed by atoms with Crippen LogP contribution in [-0.2, 0) is 37.4 Å². The van der Waals surface area contributed by atoms with Gasteiger partial charge in [-0.15, -0.1) is 0 Å². The van der Waals surface area contributed by atoms with Gasteiger partial charge in [0.05, 0.1) is 40.0 Å². The van der Waals surface area contributed by atoms with Gasteiger partial charge in [0.2, 0.25) is 0 Å². The second-order valence-corrected chi connectivity index (χ2v) is 19.2. The zero-order chi connectivity index (χ0) is 46.1. The Kier molecular flexibility index (Phi) is 36.9. The first kappa shape index (κ1) is 58.4. The second-order valence-electron chi connectivity index (χ2n) is 17.8. The zero-order valence-electron chi connectivity index (χ0n) is 40.4. The van der Waals surface area contributed by atoms with Crippen LogP contribution in [0.2, 0.25) is 0 Å². The normalized spacial score (nSPS) is 17.3. The van der Waals surface area contributed by atoms with E-state index in [2.05, 4.69) is 74.6 Å². The molecule has 362 valence electrons. The quantitative estimate of drug-likeness (QED) is 0.0147. The van der Waals surface area contributed by atoms with Crippen LogP contribution in [0, 0.1) is 0 Å². The molecule has 4 atom stereocenters. The molecule has 11 heteroatoms. The summed E-state index contributed by atoms with van der Waals surface area (Å²) in [6.07, 6.45) is 52.7. The number of ether oxygens (including phenoxy) is 3. The molecule has 0 aromatic heterocycles. The molecular weight excluding hydrogens is 814 g/mol. The van der Waals surface area contributed by atoms with E-state index in [1.165, 1.54) is 83.5 Å². The van der Waals surface area contributed by atoms with Gasteiger partial charge < -0.3 is 32.6 Å². The van der Waals surface area contributed by atoms with Crippen LogP contribution in [0.15, 0.2) is 72.9 Å². The summed E-state index contributed by atoms with van der Waals surface area (Å²) in [6.45, 7) is 4.01. The lowest BCUT2D eigenvalue weighted by Crippen LogP contribution is -2.37. The molecule has 1 heterocycles. The monoisotopic (exact) mass is 904 g/mol. The van der Waals surface area contributed by atoms with Gasteiger partial charge in [0.25, 0.3) is 7.82 Å². The smallest absolute Gasteiger partial charge is 0.306 e. The molecule has 3 unspecified atom stereocenters. The number of epoxide rings is 1. The molecular formula is C52H90NO9P. The third kappa shape index (κ3) is 40.6. The third-order valence-corrected chi connectivity index (χ3v) is 11.6. The third-order valence-electron chi connectivity index (χ3n) is 10.6. The van der Waals surface area contributed by atoms with Crippen molar-refractivity contribution in [2.45, 2.75) is 199 Å². The van der Waals surface area contributed by atoms with E-state index in [9.17, 15) is 19.0 Å². The van der Waals surface area contributed by atoms with Crippen molar-refractivity contribution in [2.24, 2.45) is 0 Å². The Labute approximate surface area is 384 Å². The van der Waals surface area contributed by atoms with Crippen molar-refractivity contribution in [3.8, 4) is 0 Å². The lowest BCUT2D eigenvalue weighted by molar-refractivity contribution is -0.870. The highest BCUT2D eigenvalue weighted by Gasteiger charge is 2.36. The maximum absolute atomic E-state index is 12.7. The van der Waals surface area contributed by atoms with Gasteiger partial charge in [-0.2, -0.15) is 0 Å².